The number of imidazole rings is 1. The number of nitrogens with one attached hydrogen (secondary N) is 1. The molecule has 6 nitrogen and oxygen atoms in total. The largest absolute Gasteiger partial charge is 0.339 e. The number of rotatable bonds is 3. The van der Waals surface area contributed by atoms with Gasteiger partial charge < -0.3 is 14.3 Å². The van der Waals surface area contributed by atoms with Crippen molar-refractivity contribution in [3.63, 3.8) is 0 Å². The van der Waals surface area contributed by atoms with Crippen molar-refractivity contribution in [3.05, 3.63) is 100 Å². The number of nitrogens with zero attached hydrogens (tertiary/aromatic N) is 3. The number of fused-ring (bicyclic) bond motifs is 2. The molecule has 5 rings (SSSR count). The van der Waals surface area contributed by atoms with Crippen LogP contribution in [0.2, 0.25) is 0 Å². The molecule has 0 fully saturated rings. The quantitative estimate of drug-likeness (QED) is 0.553. The normalized spacial score (nSPS) is 13.3. The van der Waals surface area contributed by atoms with E-state index in [-0.39, 0.29) is 11.3 Å². The van der Waals surface area contributed by atoms with Crippen LogP contribution in [0.4, 0.5) is 0 Å². The van der Waals surface area contributed by atoms with E-state index in [4.69, 9.17) is 0 Å². The van der Waals surface area contributed by atoms with E-state index in [0.717, 1.165) is 17.0 Å². The molecule has 1 aromatic carbocycles. The molecule has 0 radical (unpaired) electrons. The number of hydrogen-bond acceptors (Lipinski definition) is 3. The third kappa shape index (κ3) is 3.14. The van der Waals surface area contributed by atoms with Crippen LogP contribution in [-0.2, 0) is 17.9 Å². The second-order valence-corrected chi connectivity index (χ2v) is 7.04. The first-order valence-corrected chi connectivity index (χ1v) is 9.37. The van der Waals surface area contributed by atoms with Gasteiger partial charge in [0.2, 0.25) is 5.91 Å². The second-order valence-electron chi connectivity index (χ2n) is 7.04. The van der Waals surface area contributed by atoms with Gasteiger partial charge in [0.25, 0.3) is 0 Å². The van der Waals surface area contributed by atoms with E-state index in [2.05, 4.69) is 22.1 Å². The van der Waals surface area contributed by atoms with Crippen molar-refractivity contribution in [2.24, 2.45) is 0 Å². The predicted octanol–water partition coefficient (Wildman–Crippen LogP) is 3.25. The number of aromatic nitrogens is 3. The highest BCUT2D eigenvalue weighted by Crippen LogP contribution is 2.26. The van der Waals surface area contributed by atoms with Gasteiger partial charge in [-0.05, 0) is 29.3 Å². The lowest BCUT2D eigenvalue weighted by atomic mass is 10.1. The Hall–Kier alpha value is -3.93. The zero-order valence-electron chi connectivity index (χ0n) is 15.6. The molecule has 0 bridgehead atoms. The first-order valence-electron chi connectivity index (χ1n) is 9.37. The number of carbonyl (C=O) groups excluding carboxylic acids is 1. The van der Waals surface area contributed by atoms with Gasteiger partial charge in [0.1, 0.15) is 5.65 Å². The van der Waals surface area contributed by atoms with Crippen molar-refractivity contribution in [1.29, 1.82) is 0 Å². The number of carbonyl (C=O) groups is 1. The van der Waals surface area contributed by atoms with Crippen LogP contribution >= 0.6 is 0 Å². The van der Waals surface area contributed by atoms with Gasteiger partial charge in [-0.3, -0.25) is 14.6 Å². The van der Waals surface area contributed by atoms with Gasteiger partial charge in [0.05, 0.1) is 11.4 Å². The van der Waals surface area contributed by atoms with E-state index in [1.807, 2.05) is 33.6 Å². The lowest BCUT2D eigenvalue weighted by molar-refractivity contribution is -0.126. The summed E-state index contributed by atoms with van der Waals surface area (Å²) in [7, 11) is 0. The predicted molar refractivity (Wildman–Crippen MR) is 111 cm³/mol. The van der Waals surface area contributed by atoms with Crippen LogP contribution in [0.5, 0.6) is 0 Å². The monoisotopic (exact) mass is 382 g/mol. The van der Waals surface area contributed by atoms with Crippen molar-refractivity contribution < 1.29 is 4.79 Å². The van der Waals surface area contributed by atoms with Gasteiger partial charge in [0.15, 0.2) is 5.43 Å². The van der Waals surface area contributed by atoms with Crippen LogP contribution in [0, 0.1) is 0 Å². The van der Waals surface area contributed by atoms with Crippen molar-refractivity contribution in [1.82, 2.24) is 19.3 Å². The SMILES string of the molecule is O=C(/C=C/c1c(-c2cccnc2)[nH]c2cc(=O)ccn12)N1Cc2ccccc2C1. The summed E-state index contributed by atoms with van der Waals surface area (Å²) in [5, 5.41) is 0. The van der Waals surface area contributed by atoms with Crippen molar-refractivity contribution >= 4 is 17.6 Å². The van der Waals surface area contributed by atoms with Gasteiger partial charge in [-0.25, -0.2) is 0 Å². The van der Waals surface area contributed by atoms with E-state index in [0.29, 0.717) is 18.7 Å². The van der Waals surface area contributed by atoms with Crippen LogP contribution in [-0.4, -0.2) is 25.2 Å². The number of hydrogen-bond donors (Lipinski definition) is 1. The molecule has 0 aliphatic carbocycles. The van der Waals surface area contributed by atoms with Crippen LogP contribution < -0.4 is 5.43 Å². The highest BCUT2D eigenvalue weighted by atomic mass is 16.2. The topological polar surface area (TPSA) is 70.5 Å². The van der Waals surface area contributed by atoms with Crippen molar-refractivity contribution in [2.45, 2.75) is 13.1 Å². The van der Waals surface area contributed by atoms with Crippen LogP contribution in [0.25, 0.3) is 23.0 Å². The summed E-state index contributed by atoms with van der Waals surface area (Å²) in [5.74, 6) is -0.0475. The summed E-state index contributed by atoms with van der Waals surface area (Å²) in [6.07, 6.45) is 8.55. The summed E-state index contributed by atoms with van der Waals surface area (Å²) in [4.78, 5) is 33.8. The standard InChI is InChI=1S/C23H18N4O2/c28-19-9-11-27-20(23(25-21(27)12-19)16-6-3-10-24-13-16)7-8-22(29)26-14-17-4-1-2-5-18(17)15-26/h1-13,25H,14-15H2/b8-7+. The molecule has 0 saturated carbocycles. The van der Waals surface area contributed by atoms with Gasteiger partial charge in [-0.2, -0.15) is 0 Å². The number of H-pyrrole nitrogens is 1. The minimum atomic E-state index is -0.0783. The van der Waals surface area contributed by atoms with E-state index < -0.39 is 0 Å². The molecule has 142 valence electrons. The molecule has 0 spiro atoms. The lowest BCUT2D eigenvalue weighted by Crippen LogP contribution is -2.22. The summed E-state index contributed by atoms with van der Waals surface area (Å²) in [5.41, 5.74) is 5.44. The first kappa shape index (κ1) is 17.2. The molecular weight excluding hydrogens is 364 g/mol. The Morgan fingerprint density at radius 1 is 1.07 bits per heavy atom. The van der Waals surface area contributed by atoms with Gasteiger partial charge in [-0.15, -0.1) is 0 Å². The Morgan fingerprint density at radius 2 is 1.86 bits per heavy atom. The average molecular weight is 382 g/mol. The van der Waals surface area contributed by atoms with Crippen LogP contribution in [0.15, 0.2) is 78.0 Å². The summed E-state index contributed by atoms with van der Waals surface area (Å²) >= 11 is 0. The molecule has 0 atom stereocenters. The molecule has 0 unspecified atom stereocenters. The fourth-order valence-corrected chi connectivity index (χ4v) is 3.74. The number of benzene rings is 1. The minimum absolute atomic E-state index is 0.0475. The van der Waals surface area contributed by atoms with E-state index in [1.54, 1.807) is 30.7 Å². The van der Waals surface area contributed by atoms with E-state index >= 15 is 0 Å². The first-order chi connectivity index (χ1) is 14.2. The highest BCUT2D eigenvalue weighted by molar-refractivity contribution is 5.93. The summed E-state index contributed by atoms with van der Waals surface area (Å²) < 4.78 is 1.87. The molecule has 3 aromatic heterocycles. The highest BCUT2D eigenvalue weighted by Gasteiger charge is 2.21. The van der Waals surface area contributed by atoms with E-state index in [9.17, 15) is 9.59 Å². The zero-order chi connectivity index (χ0) is 19.8. The van der Waals surface area contributed by atoms with Gasteiger partial charge >= 0.3 is 0 Å². The lowest BCUT2D eigenvalue weighted by Gasteiger charge is -2.12. The Morgan fingerprint density at radius 3 is 2.59 bits per heavy atom. The molecule has 1 amide bonds. The molecule has 0 saturated heterocycles. The summed E-state index contributed by atoms with van der Waals surface area (Å²) in [6, 6.07) is 14.9. The zero-order valence-corrected chi connectivity index (χ0v) is 15.6. The fourth-order valence-electron chi connectivity index (χ4n) is 3.74. The molecule has 1 aliphatic heterocycles. The second kappa shape index (κ2) is 6.91. The maximum Gasteiger partial charge on any atom is 0.247 e. The Kier molecular flexibility index (Phi) is 4.09. The van der Waals surface area contributed by atoms with Crippen molar-refractivity contribution in [3.8, 4) is 11.3 Å². The molecule has 4 aromatic rings. The molecular formula is C23H18N4O2. The Bertz CT molecular complexity index is 1280. The van der Waals surface area contributed by atoms with Gasteiger partial charge in [-0.1, -0.05) is 24.3 Å². The minimum Gasteiger partial charge on any atom is -0.339 e. The fraction of sp³-hybridized carbons (Fsp3) is 0.0870. The number of pyridine rings is 2. The third-order valence-corrected chi connectivity index (χ3v) is 5.18. The number of amides is 1. The maximum atomic E-state index is 12.8. The van der Waals surface area contributed by atoms with E-state index in [1.165, 1.54) is 23.3 Å². The summed E-state index contributed by atoms with van der Waals surface area (Å²) in [6.45, 7) is 1.24. The average Bonchev–Trinajstić information content (AvgIpc) is 3.34. The van der Waals surface area contributed by atoms with Gasteiger partial charge in [0, 0.05) is 55.5 Å². The van der Waals surface area contributed by atoms with Crippen LogP contribution in [0.1, 0.15) is 16.8 Å². The Balaban J connectivity index is 1.51. The number of aromatic amines is 1. The molecule has 4 heterocycles. The molecule has 1 N–H and O–H groups in total. The maximum absolute atomic E-state index is 12.8. The van der Waals surface area contributed by atoms with Crippen molar-refractivity contribution in [2.75, 3.05) is 0 Å². The molecule has 29 heavy (non-hydrogen) atoms. The molecule has 1 aliphatic rings. The Labute approximate surface area is 166 Å². The molecule has 6 heteroatoms. The third-order valence-electron chi connectivity index (χ3n) is 5.18. The van der Waals surface area contributed by atoms with Crippen LogP contribution in [0.3, 0.4) is 0 Å². The smallest absolute Gasteiger partial charge is 0.247 e.